The lowest BCUT2D eigenvalue weighted by Gasteiger charge is -2.32. The highest BCUT2D eigenvalue weighted by Crippen LogP contribution is 2.32. The Morgan fingerprint density at radius 1 is 1.39 bits per heavy atom. The summed E-state index contributed by atoms with van der Waals surface area (Å²) in [5.74, 6) is 0.0534. The average molecular weight is 246 g/mol. The van der Waals surface area contributed by atoms with Crippen LogP contribution in [0, 0.1) is 0 Å². The topological polar surface area (TPSA) is 52.6 Å². The van der Waals surface area contributed by atoms with E-state index in [-0.39, 0.29) is 17.9 Å². The lowest BCUT2D eigenvalue weighted by molar-refractivity contribution is -0.135. The number of rotatable bonds is 1. The number of β-amino-alcohol motifs (C(OH)–C–C–N with tert-alkyl or cyclic N) is 1. The van der Waals surface area contributed by atoms with Gasteiger partial charge < -0.3 is 15.3 Å². The van der Waals surface area contributed by atoms with Gasteiger partial charge in [-0.1, -0.05) is 18.2 Å². The number of likely N-dealkylation sites (tertiary alicyclic amines) is 1. The third kappa shape index (κ3) is 1.97. The first-order chi connectivity index (χ1) is 8.75. The number of aliphatic hydroxyl groups is 1. The smallest absolute Gasteiger partial charge is 0.232 e. The van der Waals surface area contributed by atoms with Crippen LogP contribution < -0.4 is 5.32 Å². The summed E-state index contributed by atoms with van der Waals surface area (Å²) in [4.78, 5) is 14.3. The molecule has 0 aliphatic carbocycles. The van der Waals surface area contributed by atoms with Crippen molar-refractivity contribution >= 4 is 11.6 Å². The van der Waals surface area contributed by atoms with Crippen LogP contribution in [0.1, 0.15) is 24.3 Å². The molecule has 4 nitrogen and oxygen atoms in total. The standard InChI is InChI=1S/C14H18N2O2/c17-10-4-3-7-16(9-10)14(18)12-8-15-13-6-2-1-5-11(12)13/h1-2,5-6,10,12,15,17H,3-4,7-9H2. The zero-order valence-electron chi connectivity index (χ0n) is 10.3. The van der Waals surface area contributed by atoms with Gasteiger partial charge in [-0.2, -0.15) is 0 Å². The number of piperidine rings is 1. The predicted molar refractivity (Wildman–Crippen MR) is 69.5 cm³/mol. The maximum atomic E-state index is 12.5. The molecule has 1 amide bonds. The van der Waals surface area contributed by atoms with E-state index < -0.39 is 0 Å². The SMILES string of the molecule is O=C(C1CNc2ccccc21)N1CCCC(O)C1. The minimum atomic E-state index is -0.354. The van der Waals surface area contributed by atoms with Crippen LogP contribution in [0.15, 0.2) is 24.3 Å². The summed E-state index contributed by atoms with van der Waals surface area (Å²) in [5, 5.41) is 12.9. The van der Waals surface area contributed by atoms with Crippen molar-refractivity contribution in [3.63, 3.8) is 0 Å². The van der Waals surface area contributed by atoms with Crippen molar-refractivity contribution in [3.05, 3.63) is 29.8 Å². The molecule has 2 unspecified atom stereocenters. The molecule has 96 valence electrons. The van der Waals surface area contributed by atoms with Crippen LogP contribution in [0.5, 0.6) is 0 Å². The highest BCUT2D eigenvalue weighted by molar-refractivity contribution is 5.88. The first-order valence-corrected chi connectivity index (χ1v) is 6.55. The molecule has 1 saturated heterocycles. The van der Waals surface area contributed by atoms with E-state index in [2.05, 4.69) is 5.32 Å². The molecule has 2 heterocycles. The van der Waals surface area contributed by atoms with Crippen LogP contribution >= 0.6 is 0 Å². The molecule has 2 atom stereocenters. The van der Waals surface area contributed by atoms with E-state index >= 15 is 0 Å². The van der Waals surface area contributed by atoms with Gasteiger partial charge in [-0.05, 0) is 24.5 Å². The van der Waals surface area contributed by atoms with Crippen molar-refractivity contribution in [1.82, 2.24) is 4.90 Å². The number of hydrogen-bond donors (Lipinski definition) is 2. The van der Waals surface area contributed by atoms with Gasteiger partial charge in [0.2, 0.25) is 5.91 Å². The van der Waals surface area contributed by atoms with E-state index in [1.165, 1.54) is 0 Å². The number of anilines is 1. The van der Waals surface area contributed by atoms with Gasteiger partial charge >= 0.3 is 0 Å². The number of nitrogens with one attached hydrogen (secondary N) is 1. The number of carbonyl (C=O) groups excluding carboxylic acids is 1. The van der Waals surface area contributed by atoms with Crippen LogP contribution in [-0.2, 0) is 4.79 Å². The summed E-state index contributed by atoms with van der Waals surface area (Å²) in [7, 11) is 0. The number of para-hydroxylation sites is 1. The Morgan fingerprint density at radius 2 is 2.22 bits per heavy atom. The quantitative estimate of drug-likeness (QED) is 0.782. The Labute approximate surface area is 107 Å². The minimum Gasteiger partial charge on any atom is -0.391 e. The van der Waals surface area contributed by atoms with Crippen molar-refractivity contribution in [2.24, 2.45) is 0 Å². The van der Waals surface area contributed by atoms with Crippen LogP contribution in [-0.4, -0.2) is 41.7 Å². The predicted octanol–water partition coefficient (Wildman–Crippen LogP) is 1.18. The number of carbonyl (C=O) groups is 1. The van der Waals surface area contributed by atoms with Gasteiger partial charge in [0.1, 0.15) is 0 Å². The molecule has 1 aromatic rings. The number of nitrogens with zero attached hydrogens (tertiary/aromatic N) is 1. The Kier molecular flexibility index (Phi) is 2.96. The fourth-order valence-corrected chi connectivity index (χ4v) is 2.88. The molecule has 3 rings (SSSR count). The molecule has 1 fully saturated rings. The van der Waals surface area contributed by atoms with Gasteiger partial charge in [0.25, 0.3) is 0 Å². The normalized spacial score (nSPS) is 26.6. The van der Waals surface area contributed by atoms with E-state index in [9.17, 15) is 9.90 Å². The molecule has 2 N–H and O–H groups in total. The van der Waals surface area contributed by atoms with Crippen molar-refractivity contribution < 1.29 is 9.90 Å². The second-order valence-corrected chi connectivity index (χ2v) is 5.10. The molecule has 4 heteroatoms. The van der Waals surface area contributed by atoms with E-state index in [1.807, 2.05) is 29.2 Å². The number of hydrogen-bond acceptors (Lipinski definition) is 3. The zero-order chi connectivity index (χ0) is 12.5. The zero-order valence-corrected chi connectivity index (χ0v) is 10.3. The second-order valence-electron chi connectivity index (χ2n) is 5.10. The van der Waals surface area contributed by atoms with Gasteiger partial charge in [0.15, 0.2) is 0 Å². The largest absolute Gasteiger partial charge is 0.391 e. The second kappa shape index (κ2) is 4.61. The molecular weight excluding hydrogens is 228 g/mol. The number of amides is 1. The Bertz CT molecular complexity index is 461. The molecule has 0 bridgehead atoms. The van der Waals surface area contributed by atoms with Crippen molar-refractivity contribution in [3.8, 4) is 0 Å². The third-order valence-electron chi connectivity index (χ3n) is 3.84. The monoisotopic (exact) mass is 246 g/mol. The van der Waals surface area contributed by atoms with E-state index in [1.54, 1.807) is 0 Å². The van der Waals surface area contributed by atoms with Crippen LogP contribution in [0.25, 0.3) is 0 Å². The fraction of sp³-hybridized carbons (Fsp3) is 0.500. The summed E-state index contributed by atoms with van der Waals surface area (Å²) in [5.41, 5.74) is 2.15. The molecule has 0 aromatic heterocycles. The Balaban J connectivity index is 1.78. The molecule has 2 aliphatic rings. The van der Waals surface area contributed by atoms with E-state index in [0.29, 0.717) is 13.1 Å². The van der Waals surface area contributed by atoms with Crippen molar-refractivity contribution in [1.29, 1.82) is 0 Å². The minimum absolute atomic E-state index is 0.0912. The summed E-state index contributed by atoms with van der Waals surface area (Å²) in [6.07, 6.45) is 1.35. The van der Waals surface area contributed by atoms with Crippen molar-refractivity contribution in [2.75, 3.05) is 25.0 Å². The third-order valence-corrected chi connectivity index (χ3v) is 3.84. The molecule has 2 aliphatic heterocycles. The summed E-state index contributed by atoms with van der Waals surface area (Å²) in [6, 6.07) is 7.96. The lowest BCUT2D eigenvalue weighted by Crippen LogP contribution is -2.44. The fourth-order valence-electron chi connectivity index (χ4n) is 2.88. The van der Waals surface area contributed by atoms with Gasteiger partial charge in [-0.3, -0.25) is 4.79 Å². The van der Waals surface area contributed by atoms with E-state index in [0.717, 1.165) is 30.6 Å². The van der Waals surface area contributed by atoms with Gasteiger partial charge in [0, 0.05) is 25.3 Å². The van der Waals surface area contributed by atoms with Crippen LogP contribution in [0.4, 0.5) is 5.69 Å². The maximum absolute atomic E-state index is 12.5. The highest BCUT2D eigenvalue weighted by Gasteiger charge is 2.33. The first-order valence-electron chi connectivity index (χ1n) is 6.55. The highest BCUT2D eigenvalue weighted by atomic mass is 16.3. The number of benzene rings is 1. The van der Waals surface area contributed by atoms with Crippen LogP contribution in [0.3, 0.4) is 0 Å². The van der Waals surface area contributed by atoms with Crippen molar-refractivity contribution in [2.45, 2.75) is 24.9 Å². The maximum Gasteiger partial charge on any atom is 0.232 e. The average Bonchev–Trinajstić information content (AvgIpc) is 2.82. The molecule has 0 saturated carbocycles. The molecule has 18 heavy (non-hydrogen) atoms. The first kappa shape index (κ1) is 11.5. The molecule has 0 spiro atoms. The molecule has 1 aromatic carbocycles. The van der Waals surface area contributed by atoms with Gasteiger partial charge in [0.05, 0.1) is 12.0 Å². The molecule has 0 radical (unpaired) electrons. The number of aliphatic hydroxyl groups excluding tert-OH is 1. The summed E-state index contributed by atoms with van der Waals surface area (Å²) >= 11 is 0. The Hall–Kier alpha value is -1.55. The van der Waals surface area contributed by atoms with Gasteiger partial charge in [-0.15, -0.1) is 0 Å². The number of fused-ring (bicyclic) bond motifs is 1. The van der Waals surface area contributed by atoms with Crippen LogP contribution in [0.2, 0.25) is 0 Å². The van der Waals surface area contributed by atoms with Gasteiger partial charge in [-0.25, -0.2) is 0 Å². The summed E-state index contributed by atoms with van der Waals surface area (Å²) < 4.78 is 0. The Morgan fingerprint density at radius 3 is 3.06 bits per heavy atom. The van der Waals surface area contributed by atoms with E-state index in [4.69, 9.17) is 0 Å². The lowest BCUT2D eigenvalue weighted by atomic mass is 9.98. The molecular formula is C14H18N2O2. The summed E-state index contributed by atoms with van der Waals surface area (Å²) in [6.45, 7) is 1.93.